The van der Waals surface area contributed by atoms with Crippen LogP contribution >= 0.6 is 11.8 Å². The molecule has 0 aromatic heterocycles. The highest BCUT2D eigenvalue weighted by atomic mass is 32.2. The second kappa shape index (κ2) is 10.5. The molecule has 0 spiro atoms. The molecule has 1 aliphatic rings. The average Bonchev–Trinajstić information content (AvgIpc) is 2.79. The Morgan fingerprint density at radius 1 is 1.28 bits per heavy atom. The molecule has 1 unspecified atom stereocenters. The standard InChI is InChI=1S/C22H20N4O5S/c1-2-31-17-9-5-15(6-10-17)24-21(28)13-32-22-19(12-23)18(11-20(27)25-22)14-3-7-16(8-4-14)26(29)30/h3-10,18H,2,11,13H2,1H3,(H,24,28)(H,25,27). The van der Waals surface area contributed by atoms with Crippen LogP contribution in [0.3, 0.4) is 0 Å². The Hall–Kier alpha value is -3.84. The molecule has 2 aromatic rings. The molecule has 0 fully saturated rings. The number of nitrogens with one attached hydrogen (secondary N) is 2. The third-order valence-electron chi connectivity index (χ3n) is 4.66. The van der Waals surface area contributed by atoms with E-state index in [0.717, 1.165) is 11.8 Å². The molecular formula is C22H20N4O5S. The fourth-order valence-corrected chi connectivity index (χ4v) is 4.06. The minimum atomic E-state index is -0.536. The predicted molar refractivity (Wildman–Crippen MR) is 120 cm³/mol. The van der Waals surface area contributed by atoms with Crippen molar-refractivity contribution in [3.05, 3.63) is 74.8 Å². The van der Waals surface area contributed by atoms with E-state index in [-0.39, 0.29) is 29.7 Å². The van der Waals surface area contributed by atoms with Crippen molar-refractivity contribution in [2.45, 2.75) is 19.3 Å². The first kappa shape index (κ1) is 22.8. The summed E-state index contributed by atoms with van der Waals surface area (Å²) < 4.78 is 5.36. The number of benzene rings is 2. The molecule has 1 heterocycles. The maximum absolute atomic E-state index is 12.3. The summed E-state index contributed by atoms with van der Waals surface area (Å²) in [7, 11) is 0. The fourth-order valence-electron chi connectivity index (χ4n) is 3.18. The molecule has 10 heteroatoms. The van der Waals surface area contributed by atoms with Crippen molar-refractivity contribution >= 4 is 35.0 Å². The van der Waals surface area contributed by atoms with Gasteiger partial charge in [-0.1, -0.05) is 23.9 Å². The van der Waals surface area contributed by atoms with Crippen LogP contribution < -0.4 is 15.4 Å². The first-order valence-corrected chi connectivity index (χ1v) is 10.7. The highest BCUT2D eigenvalue weighted by Gasteiger charge is 2.30. The SMILES string of the molecule is CCOc1ccc(NC(=O)CSC2=C(C#N)C(c3ccc([N+](=O)[O-])cc3)CC(=O)N2)cc1. The molecule has 1 aliphatic heterocycles. The molecule has 3 rings (SSSR count). The van der Waals surface area contributed by atoms with Gasteiger partial charge >= 0.3 is 0 Å². The number of nitrogens with zero attached hydrogens (tertiary/aromatic N) is 2. The molecular weight excluding hydrogens is 432 g/mol. The number of hydrogen-bond donors (Lipinski definition) is 2. The lowest BCUT2D eigenvalue weighted by Crippen LogP contribution is -2.31. The number of non-ortho nitro benzene ring substituents is 1. The van der Waals surface area contributed by atoms with Crippen molar-refractivity contribution in [1.29, 1.82) is 5.26 Å². The van der Waals surface area contributed by atoms with E-state index in [4.69, 9.17) is 4.74 Å². The zero-order valence-corrected chi connectivity index (χ0v) is 18.0. The largest absolute Gasteiger partial charge is 0.494 e. The fraction of sp³-hybridized carbons (Fsp3) is 0.227. The monoisotopic (exact) mass is 452 g/mol. The van der Waals surface area contributed by atoms with E-state index >= 15 is 0 Å². The van der Waals surface area contributed by atoms with Crippen molar-refractivity contribution in [2.24, 2.45) is 0 Å². The summed E-state index contributed by atoms with van der Waals surface area (Å²) in [5.74, 6) is -0.435. The van der Waals surface area contributed by atoms with Gasteiger partial charge in [0.05, 0.1) is 34.0 Å². The molecule has 164 valence electrons. The Labute approximate surface area is 188 Å². The van der Waals surface area contributed by atoms with E-state index < -0.39 is 10.8 Å². The number of hydrogen-bond acceptors (Lipinski definition) is 7. The van der Waals surface area contributed by atoms with Gasteiger partial charge in [-0.25, -0.2) is 0 Å². The van der Waals surface area contributed by atoms with Gasteiger partial charge in [-0.05, 0) is 36.8 Å². The lowest BCUT2D eigenvalue weighted by atomic mass is 9.87. The Kier molecular flexibility index (Phi) is 7.46. The van der Waals surface area contributed by atoms with E-state index in [0.29, 0.717) is 34.2 Å². The molecule has 0 saturated carbocycles. The zero-order chi connectivity index (χ0) is 23.1. The topological polar surface area (TPSA) is 134 Å². The van der Waals surface area contributed by atoms with Crippen LogP contribution in [0.5, 0.6) is 5.75 Å². The number of nitro groups is 1. The molecule has 0 bridgehead atoms. The van der Waals surface area contributed by atoms with Gasteiger partial charge < -0.3 is 15.4 Å². The molecule has 0 radical (unpaired) electrons. The zero-order valence-electron chi connectivity index (χ0n) is 17.2. The van der Waals surface area contributed by atoms with Crippen molar-refractivity contribution in [3.63, 3.8) is 0 Å². The summed E-state index contributed by atoms with van der Waals surface area (Å²) in [5, 5.41) is 26.3. The molecule has 1 atom stereocenters. The molecule has 2 aromatic carbocycles. The van der Waals surface area contributed by atoms with Crippen LogP contribution in [0, 0.1) is 21.4 Å². The molecule has 2 N–H and O–H groups in total. The Morgan fingerprint density at radius 3 is 2.56 bits per heavy atom. The maximum Gasteiger partial charge on any atom is 0.269 e. The van der Waals surface area contributed by atoms with Gasteiger partial charge in [0.15, 0.2) is 0 Å². The van der Waals surface area contributed by atoms with E-state index in [1.807, 2.05) is 6.92 Å². The van der Waals surface area contributed by atoms with E-state index in [9.17, 15) is 25.0 Å². The summed E-state index contributed by atoms with van der Waals surface area (Å²) in [5.41, 5.74) is 1.47. The van der Waals surface area contributed by atoms with Gasteiger partial charge in [-0.15, -0.1) is 0 Å². The van der Waals surface area contributed by atoms with Gasteiger partial charge in [0, 0.05) is 30.2 Å². The first-order chi connectivity index (χ1) is 15.4. The van der Waals surface area contributed by atoms with Crippen LogP contribution in [0.25, 0.3) is 0 Å². The third-order valence-corrected chi connectivity index (χ3v) is 5.68. The lowest BCUT2D eigenvalue weighted by molar-refractivity contribution is -0.384. The maximum atomic E-state index is 12.3. The van der Waals surface area contributed by atoms with Gasteiger partial charge in [0.1, 0.15) is 5.75 Å². The Balaban J connectivity index is 1.70. The molecule has 0 aliphatic carbocycles. The van der Waals surface area contributed by atoms with Crippen molar-refractivity contribution < 1.29 is 19.2 Å². The highest BCUT2D eigenvalue weighted by Crippen LogP contribution is 2.36. The van der Waals surface area contributed by atoms with E-state index in [1.54, 1.807) is 36.4 Å². The normalized spacial score (nSPS) is 15.5. The highest BCUT2D eigenvalue weighted by molar-refractivity contribution is 8.03. The Bertz CT molecular complexity index is 1090. The smallest absolute Gasteiger partial charge is 0.269 e. The summed E-state index contributed by atoms with van der Waals surface area (Å²) in [4.78, 5) is 34.9. The molecule has 32 heavy (non-hydrogen) atoms. The predicted octanol–water partition coefficient (Wildman–Crippen LogP) is 3.70. The number of allylic oxidation sites excluding steroid dienone is 1. The number of ether oxygens (including phenoxy) is 1. The minimum Gasteiger partial charge on any atom is -0.494 e. The quantitative estimate of drug-likeness (QED) is 0.460. The summed E-state index contributed by atoms with van der Waals surface area (Å²) >= 11 is 1.06. The summed E-state index contributed by atoms with van der Waals surface area (Å²) in [6.45, 7) is 2.43. The van der Waals surface area contributed by atoms with E-state index in [2.05, 4.69) is 16.7 Å². The minimum absolute atomic E-state index is 0.0129. The first-order valence-electron chi connectivity index (χ1n) is 9.75. The number of nitriles is 1. The van der Waals surface area contributed by atoms with Gasteiger partial charge in [0.2, 0.25) is 11.8 Å². The number of thioether (sulfide) groups is 1. The van der Waals surface area contributed by atoms with Crippen LogP contribution in [0.2, 0.25) is 0 Å². The van der Waals surface area contributed by atoms with Gasteiger partial charge in [0.25, 0.3) is 5.69 Å². The van der Waals surface area contributed by atoms with Gasteiger partial charge in [-0.3, -0.25) is 19.7 Å². The number of amides is 2. The Morgan fingerprint density at radius 2 is 1.97 bits per heavy atom. The summed E-state index contributed by atoms with van der Waals surface area (Å²) in [6.07, 6.45) is 0.0448. The molecule has 9 nitrogen and oxygen atoms in total. The second-order valence-corrected chi connectivity index (χ2v) is 7.79. The molecule has 0 saturated heterocycles. The lowest BCUT2D eigenvalue weighted by Gasteiger charge is -2.25. The van der Waals surface area contributed by atoms with Crippen molar-refractivity contribution in [3.8, 4) is 11.8 Å². The third kappa shape index (κ3) is 5.65. The van der Waals surface area contributed by atoms with Crippen molar-refractivity contribution in [1.82, 2.24) is 5.32 Å². The number of rotatable bonds is 8. The number of carbonyl (C=O) groups excluding carboxylic acids is 2. The number of anilines is 1. The van der Waals surface area contributed by atoms with Crippen LogP contribution in [-0.2, 0) is 9.59 Å². The van der Waals surface area contributed by atoms with Crippen LogP contribution in [0.15, 0.2) is 59.1 Å². The van der Waals surface area contributed by atoms with Crippen LogP contribution in [0.1, 0.15) is 24.8 Å². The molecule has 2 amide bonds. The second-order valence-electron chi connectivity index (χ2n) is 6.80. The number of nitro benzene ring substituents is 1. The van der Waals surface area contributed by atoms with Crippen LogP contribution in [0.4, 0.5) is 11.4 Å². The van der Waals surface area contributed by atoms with Crippen LogP contribution in [-0.4, -0.2) is 29.1 Å². The van der Waals surface area contributed by atoms with Crippen molar-refractivity contribution in [2.75, 3.05) is 17.7 Å². The van der Waals surface area contributed by atoms with E-state index in [1.165, 1.54) is 12.1 Å². The average molecular weight is 452 g/mol. The van der Waals surface area contributed by atoms with Gasteiger partial charge in [-0.2, -0.15) is 5.26 Å². The summed E-state index contributed by atoms with van der Waals surface area (Å²) in [6, 6.07) is 14.8. The number of carbonyl (C=O) groups is 2.